The van der Waals surface area contributed by atoms with Crippen molar-refractivity contribution in [2.75, 3.05) is 10.8 Å². The first-order valence-corrected chi connectivity index (χ1v) is 10.9. The number of aliphatic hydroxyl groups excluding tert-OH is 1. The molecule has 0 radical (unpaired) electrons. The topological polar surface area (TPSA) is 86.7 Å². The van der Waals surface area contributed by atoms with Gasteiger partial charge >= 0.3 is 0 Å². The molecule has 28 heavy (non-hydrogen) atoms. The maximum Gasteiger partial charge on any atom is 0.264 e. The largest absolute Gasteiger partial charge is 0.392 e. The molecule has 0 saturated heterocycles. The minimum absolute atomic E-state index is 0.0821. The van der Waals surface area contributed by atoms with Crippen LogP contribution in [0.4, 0.5) is 5.69 Å². The van der Waals surface area contributed by atoms with Crippen LogP contribution < -0.4 is 9.62 Å². The summed E-state index contributed by atoms with van der Waals surface area (Å²) in [4.78, 5) is 10.5. The Morgan fingerprint density at radius 1 is 1.14 bits per heavy atom. The fourth-order valence-corrected chi connectivity index (χ4v) is 4.88. The number of sulfonamides is 1. The molecule has 0 fully saturated rings. The van der Waals surface area contributed by atoms with E-state index in [-0.39, 0.29) is 11.5 Å². The summed E-state index contributed by atoms with van der Waals surface area (Å²) in [5.74, 6) is 0. The van der Waals surface area contributed by atoms with E-state index in [0.29, 0.717) is 47.1 Å². The number of nitrogens with zero attached hydrogens (tertiary/aromatic N) is 1. The minimum Gasteiger partial charge on any atom is -0.392 e. The van der Waals surface area contributed by atoms with Gasteiger partial charge < -0.3 is 10.4 Å². The van der Waals surface area contributed by atoms with E-state index in [9.17, 15) is 18.3 Å². The second-order valence-corrected chi connectivity index (χ2v) is 8.94. The lowest BCUT2D eigenvalue weighted by atomic mass is 10.1. The summed E-state index contributed by atoms with van der Waals surface area (Å²) in [5.41, 5.74) is 0.764. The normalized spacial score (nSPS) is 12.4. The predicted molar refractivity (Wildman–Crippen MR) is 111 cm³/mol. The van der Waals surface area contributed by atoms with Crippen LogP contribution in [0.5, 0.6) is 0 Å². The van der Waals surface area contributed by atoms with E-state index in [1.165, 1.54) is 34.6 Å². The number of benzene rings is 2. The van der Waals surface area contributed by atoms with Gasteiger partial charge in [-0.3, -0.25) is 9.10 Å². The first-order valence-electron chi connectivity index (χ1n) is 8.67. The fraction of sp³-hybridized carbons (Fsp3) is 0.316. The molecule has 2 rings (SSSR count). The monoisotopic (exact) mass is 444 g/mol. The van der Waals surface area contributed by atoms with Crippen LogP contribution in [0, 0.1) is 0 Å². The molecule has 2 aromatic carbocycles. The number of rotatable bonds is 10. The average Bonchev–Trinajstić information content (AvgIpc) is 2.66. The van der Waals surface area contributed by atoms with E-state index in [1.54, 1.807) is 19.1 Å². The van der Waals surface area contributed by atoms with Crippen molar-refractivity contribution in [1.82, 2.24) is 5.32 Å². The smallest absolute Gasteiger partial charge is 0.264 e. The second-order valence-electron chi connectivity index (χ2n) is 6.25. The van der Waals surface area contributed by atoms with Gasteiger partial charge in [0.05, 0.1) is 17.2 Å². The number of anilines is 1. The number of carbonyl (C=O) groups is 1. The van der Waals surface area contributed by atoms with Crippen LogP contribution in [0.25, 0.3) is 0 Å². The van der Waals surface area contributed by atoms with Crippen molar-refractivity contribution in [1.29, 1.82) is 0 Å². The highest BCUT2D eigenvalue weighted by Crippen LogP contribution is 2.33. The summed E-state index contributed by atoms with van der Waals surface area (Å²) >= 11 is 12.0. The lowest BCUT2D eigenvalue weighted by Crippen LogP contribution is -2.39. The van der Waals surface area contributed by atoms with E-state index in [1.807, 2.05) is 0 Å². The van der Waals surface area contributed by atoms with Crippen LogP contribution in [0.2, 0.25) is 10.0 Å². The third kappa shape index (κ3) is 5.38. The predicted octanol–water partition coefficient (Wildman–Crippen LogP) is 3.60. The van der Waals surface area contributed by atoms with E-state index >= 15 is 0 Å². The maximum atomic E-state index is 13.4. The van der Waals surface area contributed by atoms with Gasteiger partial charge in [0.15, 0.2) is 0 Å². The van der Waals surface area contributed by atoms with E-state index in [4.69, 9.17) is 23.2 Å². The average molecular weight is 445 g/mol. The fourth-order valence-electron chi connectivity index (χ4n) is 2.88. The molecule has 0 saturated carbocycles. The van der Waals surface area contributed by atoms with Crippen LogP contribution in [0.3, 0.4) is 0 Å². The highest BCUT2D eigenvalue weighted by atomic mass is 35.5. The summed E-state index contributed by atoms with van der Waals surface area (Å²) in [7, 11) is -3.95. The quantitative estimate of drug-likeness (QED) is 0.432. The molecular weight excluding hydrogens is 423 g/mol. The molecule has 0 aliphatic heterocycles. The van der Waals surface area contributed by atoms with Crippen LogP contribution in [-0.4, -0.2) is 32.5 Å². The lowest BCUT2D eigenvalue weighted by Gasteiger charge is -2.32. The van der Waals surface area contributed by atoms with Crippen LogP contribution >= 0.6 is 23.2 Å². The van der Waals surface area contributed by atoms with Crippen molar-refractivity contribution in [3.63, 3.8) is 0 Å². The summed E-state index contributed by atoms with van der Waals surface area (Å²) in [6.07, 6.45) is 1.68. The summed E-state index contributed by atoms with van der Waals surface area (Å²) in [6, 6.07) is 10.2. The zero-order chi connectivity index (χ0) is 20.7. The number of amides is 1. The van der Waals surface area contributed by atoms with E-state index in [0.717, 1.165) is 0 Å². The number of aliphatic hydroxyl groups is 1. The Bertz CT molecular complexity index is 905. The molecule has 9 heteroatoms. The number of halogens is 2. The summed E-state index contributed by atoms with van der Waals surface area (Å²) < 4.78 is 28.2. The van der Waals surface area contributed by atoms with E-state index in [2.05, 4.69) is 5.32 Å². The Kier molecular flexibility index (Phi) is 8.12. The highest BCUT2D eigenvalue weighted by Gasteiger charge is 2.31. The first-order chi connectivity index (χ1) is 13.3. The Hall–Kier alpha value is -1.80. The molecule has 0 heterocycles. The first kappa shape index (κ1) is 22.5. The molecule has 6 nitrogen and oxygen atoms in total. The van der Waals surface area contributed by atoms with Crippen LogP contribution in [-0.2, 0) is 21.4 Å². The van der Waals surface area contributed by atoms with Crippen molar-refractivity contribution in [2.24, 2.45) is 0 Å². The molecule has 0 aliphatic rings. The molecule has 2 aromatic rings. The van der Waals surface area contributed by atoms with Crippen LogP contribution in [0.15, 0.2) is 47.4 Å². The Morgan fingerprint density at radius 2 is 1.79 bits per heavy atom. The SMILES string of the molecule is C[C@H](CCCNC=O)N(c1cc(Cl)ccc1CO)S(=O)(=O)c1ccc(Cl)cc1. The van der Waals surface area contributed by atoms with Gasteiger partial charge in [-0.2, -0.15) is 0 Å². The third-order valence-corrected chi connectivity index (χ3v) is 6.68. The Morgan fingerprint density at radius 3 is 2.39 bits per heavy atom. The second kappa shape index (κ2) is 10.1. The zero-order valence-corrected chi connectivity index (χ0v) is 17.6. The van der Waals surface area contributed by atoms with Gasteiger partial charge in [-0.05, 0) is 56.2 Å². The summed E-state index contributed by atoms with van der Waals surface area (Å²) in [6.45, 7) is 1.88. The molecular formula is C19H22Cl2N2O4S. The number of hydrogen-bond donors (Lipinski definition) is 2. The number of carbonyl (C=O) groups excluding carboxylic acids is 1. The molecule has 0 spiro atoms. The lowest BCUT2D eigenvalue weighted by molar-refractivity contribution is -0.109. The van der Waals surface area contributed by atoms with Gasteiger partial charge in [0.25, 0.3) is 10.0 Å². The summed E-state index contributed by atoms with van der Waals surface area (Å²) in [5, 5.41) is 13.1. The molecule has 0 aromatic heterocycles. The molecule has 1 amide bonds. The standard InChI is InChI=1S/C19H22Cl2N2O4S/c1-14(3-2-10-22-13-25)23(19-11-17(21)5-4-15(19)12-24)28(26,27)18-8-6-16(20)7-9-18/h4-9,11,13-14,24H,2-3,10,12H2,1H3,(H,22,25)/t14-/m1/s1. The highest BCUT2D eigenvalue weighted by molar-refractivity contribution is 7.92. The molecule has 2 N–H and O–H groups in total. The molecule has 0 bridgehead atoms. The molecule has 152 valence electrons. The zero-order valence-electron chi connectivity index (χ0n) is 15.3. The Labute approximate surface area is 175 Å². The van der Waals surface area contributed by atoms with Gasteiger partial charge in [0.2, 0.25) is 6.41 Å². The van der Waals surface area contributed by atoms with E-state index < -0.39 is 16.1 Å². The minimum atomic E-state index is -3.95. The van der Waals surface area contributed by atoms with Crippen molar-refractivity contribution >= 4 is 45.3 Å². The van der Waals surface area contributed by atoms with Gasteiger partial charge in [-0.1, -0.05) is 29.3 Å². The van der Waals surface area contributed by atoms with Gasteiger partial charge in [0, 0.05) is 28.2 Å². The molecule has 0 aliphatic carbocycles. The van der Waals surface area contributed by atoms with Crippen LogP contribution in [0.1, 0.15) is 25.3 Å². The number of nitrogens with one attached hydrogen (secondary N) is 1. The van der Waals surface area contributed by atoms with Gasteiger partial charge in [-0.25, -0.2) is 8.42 Å². The third-order valence-electron chi connectivity index (χ3n) is 4.25. The van der Waals surface area contributed by atoms with Crippen molar-refractivity contribution in [2.45, 2.75) is 37.3 Å². The van der Waals surface area contributed by atoms with Gasteiger partial charge in [0.1, 0.15) is 0 Å². The maximum absolute atomic E-state index is 13.4. The van der Waals surface area contributed by atoms with Crippen molar-refractivity contribution in [3.05, 3.63) is 58.1 Å². The Balaban J connectivity index is 2.51. The number of hydrogen-bond acceptors (Lipinski definition) is 4. The molecule has 1 atom stereocenters. The molecule has 0 unspecified atom stereocenters. The van der Waals surface area contributed by atoms with Crippen molar-refractivity contribution in [3.8, 4) is 0 Å². The van der Waals surface area contributed by atoms with Crippen molar-refractivity contribution < 1.29 is 18.3 Å². The van der Waals surface area contributed by atoms with Gasteiger partial charge in [-0.15, -0.1) is 0 Å².